The van der Waals surface area contributed by atoms with Crippen LogP contribution in [0, 0.1) is 5.41 Å². The lowest BCUT2D eigenvalue weighted by molar-refractivity contribution is -0.0120. The standard InChI is InChI=1S/C18H21FO/c1-17(2,3)18(20)11-9-14(10-12-18)13-16(19)15-7-5-4-6-8-15/h4-11,13,20H,12H2,1-3H3/b16-13+. The molecule has 0 amide bonds. The lowest BCUT2D eigenvalue weighted by Crippen LogP contribution is -2.41. The van der Waals surface area contributed by atoms with Crippen LogP contribution in [0.15, 0.2) is 60.2 Å². The van der Waals surface area contributed by atoms with Crippen LogP contribution < -0.4 is 0 Å². The second kappa shape index (κ2) is 5.37. The van der Waals surface area contributed by atoms with Crippen molar-refractivity contribution in [2.75, 3.05) is 0 Å². The first kappa shape index (κ1) is 14.7. The van der Waals surface area contributed by atoms with Gasteiger partial charge in [-0.15, -0.1) is 0 Å². The van der Waals surface area contributed by atoms with Crippen molar-refractivity contribution in [3.63, 3.8) is 0 Å². The summed E-state index contributed by atoms with van der Waals surface area (Å²) in [5.74, 6) is -0.261. The highest BCUT2D eigenvalue weighted by Gasteiger charge is 2.37. The minimum atomic E-state index is -0.867. The fourth-order valence-electron chi connectivity index (χ4n) is 2.13. The van der Waals surface area contributed by atoms with E-state index in [1.807, 2.05) is 45.0 Å². The highest BCUT2D eigenvalue weighted by Crippen LogP contribution is 2.38. The fraction of sp³-hybridized carbons (Fsp3) is 0.333. The van der Waals surface area contributed by atoms with Gasteiger partial charge in [-0.05, 0) is 23.5 Å². The molecule has 1 aromatic carbocycles. The fourth-order valence-corrected chi connectivity index (χ4v) is 2.13. The predicted molar refractivity (Wildman–Crippen MR) is 81.8 cm³/mol. The van der Waals surface area contributed by atoms with Gasteiger partial charge in [0.2, 0.25) is 0 Å². The zero-order valence-electron chi connectivity index (χ0n) is 12.2. The number of benzene rings is 1. The summed E-state index contributed by atoms with van der Waals surface area (Å²) in [6, 6.07) is 8.97. The van der Waals surface area contributed by atoms with E-state index in [1.54, 1.807) is 24.3 Å². The van der Waals surface area contributed by atoms with Gasteiger partial charge >= 0.3 is 0 Å². The van der Waals surface area contributed by atoms with E-state index in [9.17, 15) is 9.50 Å². The third-order valence-electron chi connectivity index (χ3n) is 3.84. The molecule has 0 saturated carbocycles. The molecule has 1 unspecified atom stereocenters. The van der Waals surface area contributed by atoms with E-state index in [-0.39, 0.29) is 11.2 Å². The molecule has 1 atom stereocenters. The van der Waals surface area contributed by atoms with Crippen molar-refractivity contribution in [3.05, 3.63) is 65.8 Å². The van der Waals surface area contributed by atoms with E-state index < -0.39 is 5.60 Å². The second-order valence-electron chi connectivity index (χ2n) is 6.27. The molecule has 0 aliphatic heterocycles. The molecule has 106 valence electrons. The van der Waals surface area contributed by atoms with Crippen LogP contribution in [0.25, 0.3) is 5.83 Å². The van der Waals surface area contributed by atoms with E-state index in [1.165, 1.54) is 6.08 Å². The normalized spacial score (nSPS) is 23.6. The van der Waals surface area contributed by atoms with Crippen LogP contribution in [0.3, 0.4) is 0 Å². The third-order valence-corrected chi connectivity index (χ3v) is 3.84. The lowest BCUT2D eigenvalue weighted by atomic mass is 9.72. The van der Waals surface area contributed by atoms with Crippen LogP contribution in [0.2, 0.25) is 0 Å². The van der Waals surface area contributed by atoms with Gasteiger partial charge in [0.05, 0.1) is 5.60 Å². The van der Waals surface area contributed by atoms with Crippen LogP contribution in [-0.4, -0.2) is 10.7 Å². The van der Waals surface area contributed by atoms with E-state index in [0.29, 0.717) is 12.0 Å². The van der Waals surface area contributed by atoms with Crippen LogP contribution in [0.1, 0.15) is 32.8 Å². The Morgan fingerprint density at radius 3 is 2.40 bits per heavy atom. The summed E-state index contributed by atoms with van der Waals surface area (Å²) in [5, 5.41) is 10.5. The molecule has 1 nitrogen and oxygen atoms in total. The molecule has 20 heavy (non-hydrogen) atoms. The molecule has 2 heteroatoms. The largest absolute Gasteiger partial charge is 0.385 e. The third kappa shape index (κ3) is 3.07. The predicted octanol–water partition coefficient (Wildman–Crippen LogP) is 4.66. The van der Waals surface area contributed by atoms with Gasteiger partial charge in [0.1, 0.15) is 5.83 Å². The van der Waals surface area contributed by atoms with Gasteiger partial charge in [-0.2, -0.15) is 0 Å². The summed E-state index contributed by atoms with van der Waals surface area (Å²) in [7, 11) is 0. The maximum absolute atomic E-state index is 14.1. The summed E-state index contributed by atoms with van der Waals surface area (Å²) in [5.41, 5.74) is 0.250. The van der Waals surface area contributed by atoms with Crippen molar-refractivity contribution in [1.82, 2.24) is 0 Å². The Morgan fingerprint density at radius 2 is 1.90 bits per heavy atom. The molecule has 0 bridgehead atoms. The first-order chi connectivity index (χ1) is 9.32. The maximum Gasteiger partial charge on any atom is 0.131 e. The summed E-state index contributed by atoms with van der Waals surface area (Å²) in [6.45, 7) is 5.99. The molecule has 0 radical (unpaired) electrons. The van der Waals surface area contributed by atoms with Gasteiger partial charge in [0.15, 0.2) is 0 Å². The van der Waals surface area contributed by atoms with Crippen LogP contribution in [-0.2, 0) is 0 Å². The van der Waals surface area contributed by atoms with Crippen molar-refractivity contribution in [2.24, 2.45) is 5.41 Å². The average Bonchev–Trinajstić information content (AvgIpc) is 2.41. The Balaban J connectivity index is 2.17. The van der Waals surface area contributed by atoms with Gasteiger partial charge < -0.3 is 5.11 Å². The minimum absolute atomic E-state index is 0.243. The molecular formula is C18H21FO. The zero-order valence-corrected chi connectivity index (χ0v) is 12.2. The number of allylic oxidation sites excluding steroid dienone is 3. The first-order valence-electron chi connectivity index (χ1n) is 6.86. The number of halogens is 1. The Kier molecular flexibility index (Phi) is 3.96. The summed E-state index contributed by atoms with van der Waals surface area (Å²) >= 11 is 0. The molecule has 0 fully saturated rings. The highest BCUT2D eigenvalue weighted by atomic mass is 19.1. The molecule has 2 rings (SSSR count). The van der Waals surface area contributed by atoms with Crippen molar-refractivity contribution in [3.8, 4) is 0 Å². The van der Waals surface area contributed by atoms with E-state index in [0.717, 1.165) is 5.57 Å². The zero-order chi connectivity index (χ0) is 14.8. The van der Waals surface area contributed by atoms with Crippen molar-refractivity contribution >= 4 is 5.83 Å². The quantitative estimate of drug-likeness (QED) is 0.830. The number of rotatable bonds is 2. The lowest BCUT2D eigenvalue weighted by Gasteiger charge is -2.38. The summed E-state index contributed by atoms with van der Waals surface area (Å²) in [6.07, 6.45) is 7.46. The molecule has 1 aliphatic rings. The molecule has 1 aliphatic carbocycles. The number of hydrogen-bond acceptors (Lipinski definition) is 1. The smallest absolute Gasteiger partial charge is 0.131 e. The molecule has 0 heterocycles. The van der Waals surface area contributed by atoms with Crippen LogP contribution in [0.4, 0.5) is 4.39 Å². The molecule has 1 aromatic rings. The van der Waals surface area contributed by atoms with E-state index in [4.69, 9.17) is 0 Å². The maximum atomic E-state index is 14.1. The van der Waals surface area contributed by atoms with Gasteiger partial charge in [-0.3, -0.25) is 0 Å². The molecule has 0 saturated heterocycles. The first-order valence-corrected chi connectivity index (χ1v) is 6.86. The monoisotopic (exact) mass is 272 g/mol. The van der Waals surface area contributed by atoms with E-state index >= 15 is 0 Å². The van der Waals surface area contributed by atoms with E-state index in [2.05, 4.69) is 0 Å². The van der Waals surface area contributed by atoms with Crippen molar-refractivity contribution < 1.29 is 9.50 Å². The van der Waals surface area contributed by atoms with Crippen molar-refractivity contribution in [2.45, 2.75) is 32.8 Å². The summed E-state index contributed by atoms with van der Waals surface area (Å²) in [4.78, 5) is 0. The Labute approximate surface area is 120 Å². The molecule has 0 spiro atoms. The number of aliphatic hydroxyl groups is 1. The Hall–Kier alpha value is -1.67. The van der Waals surface area contributed by atoms with Crippen molar-refractivity contribution in [1.29, 1.82) is 0 Å². The summed E-state index contributed by atoms with van der Waals surface area (Å²) < 4.78 is 14.1. The Morgan fingerprint density at radius 1 is 1.25 bits per heavy atom. The molecule has 1 N–H and O–H groups in total. The SMILES string of the molecule is CC(C)(C)C1(O)C=CC(/C=C(/F)c2ccccc2)=CC1. The second-order valence-corrected chi connectivity index (χ2v) is 6.27. The van der Waals surface area contributed by atoms with Crippen LogP contribution >= 0.6 is 0 Å². The number of hydrogen-bond donors (Lipinski definition) is 1. The van der Waals surface area contributed by atoms with Gasteiger partial charge in [-0.1, -0.05) is 69.3 Å². The van der Waals surface area contributed by atoms with Gasteiger partial charge in [0, 0.05) is 5.56 Å². The van der Waals surface area contributed by atoms with Gasteiger partial charge in [0.25, 0.3) is 0 Å². The minimum Gasteiger partial charge on any atom is -0.385 e. The average molecular weight is 272 g/mol. The topological polar surface area (TPSA) is 20.2 Å². The Bertz CT molecular complexity index is 561. The highest BCUT2D eigenvalue weighted by molar-refractivity contribution is 5.63. The van der Waals surface area contributed by atoms with Gasteiger partial charge in [-0.25, -0.2) is 4.39 Å². The molecule has 0 aromatic heterocycles. The van der Waals surface area contributed by atoms with Crippen LogP contribution in [0.5, 0.6) is 0 Å². The molecular weight excluding hydrogens is 251 g/mol.